The van der Waals surface area contributed by atoms with Crippen LogP contribution in [0.4, 0.5) is 0 Å². The molecule has 2 unspecified atom stereocenters. The average molecular weight is 528 g/mol. The number of aliphatic hydroxyl groups excluding tert-OH is 1. The van der Waals surface area contributed by atoms with Crippen molar-refractivity contribution in [1.82, 2.24) is 4.90 Å². The third-order valence-electron chi connectivity index (χ3n) is 7.01. The molecule has 2 saturated heterocycles. The summed E-state index contributed by atoms with van der Waals surface area (Å²) in [5.74, 6) is 0.335. The molecule has 0 radical (unpaired) electrons. The normalized spacial score (nSPS) is 20.4. The van der Waals surface area contributed by atoms with Crippen LogP contribution < -0.4 is 9.47 Å². The van der Waals surface area contributed by atoms with Crippen LogP contribution in [-0.2, 0) is 14.3 Å². The summed E-state index contributed by atoms with van der Waals surface area (Å²) >= 11 is 0. The Morgan fingerprint density at radius 2 is 1.74 bits per heavy atom. The van der Waals surface area contributed by atoms with Crippen LogP contribution in [0.3, 0.4) is 0 Å². The summed E-state index contributed by atoms with van der Waals surface area (Å²) in [7, 11) is 0. The lowest BCUT2D eigenvalue weighted by atomic mass is 9.95. The number of carbonyl (C=O) groups excluding carboxylic acids is 2. The number of ketones is 1. The summed E-state index contributed by atoms with van der Waals surface area (Å²) in [6.07, 6.45) is 3.54. The fourth-order valence-corrected chi connectivity index (χ4v) is 4.99. The number of amides is 1. The van der Waals surface area contributed by atoms with Crippen molar-refractivity contribution in [3.05, 3.63) is 95.6 Å². The highest BCUT2D eigenvalue weighted by atomic mass is 16.5. The molecule has 3 aromatic carbocycles. The first-order valence-electron chi connectivity index (χ1n) is 13.5. The fraction of sp³-hybridized carbons (Fsp3) is 0.312. The quantitative estimate of drug-likeness (QED) is 0.145. The van der Waals surface area contributed by atoms with E-state index in [9.17, 15) is 14.7 Å². The van der Waals surface area contributed by atoms with E-state index in [1.807, 2.05) is 54.6 Å². The van der Waals surface area contributed by atoms with Crippen LogP contribution in [0.25, 0.3) is 5.76 Å². The van der Waals surface area contributed by atoms with E-state index in [0.29, 0.717) is 41.6 Å². The molecule has 0 aromatic heterocycles. The molecule has 7 heteroatoms. The number of hydrogen-bond acceptors (Lipinski definition) is 6. The molecule has 2 aliphatic rings. The fourth-order valence-electron chi connectivity index (χ4n) is 4.99. The molecule has 2 heterocycles. The van der Waals surface area contributed by atoms with Gasteiger partial charge in [0, 0.05) is 18.7 Å². The smallest absolute Gasteiger partial charge is 0.295 e. The molecular formula is C32H33NO6. The molecule has 202 valence electrons. The standard InChI is InChI=1S/C32H33NO6/c1-2-3-18-37-24-16-14-22(15-17-24)30(34)28-29(33(32(36)31(28)35)21-27-13-8-19-38-27)23-9-7-12-26(20-23)39-25-10-5-4-6-11-25/h4-7,9-12,14-17,20,27,29,34H,2-3,8,13,18-19,21H2,1H3/b30-28+. The summed E-state index contributed by atoms with van der Waals surface area (Å²) in [5, 5.41) is 11.4. The van der Waals surface area contributed by atoms with Gasteiger partial charge in [-0.3, -0.25) is 9.59 Å². The minimum absolute atomic E-state index is 0.0505. The Bertz CT molecular complexity index is 1330. The molecule has 39 heavy (non-hydrogen) atoms. The first kappa shape index (κ1) is 26.5. The van der Waals surface area contributed by atoms with E-state index in [2.05, 4.69) is 6.92 Å². The van der Waals surface area contributed by atoms with Crippen molar-refractivity contribution in [2.24, 2.45) is 0 Å². The van der Waals surface area contributed by atoms with Crippen molar-refractivity contribution >= 4 is 17.4 Å². The lowest BCUT2D eigenvalue weighted by Gasteiger charge is -2.27. The number of unbranched alkanes of at least 4 members (excludes halogenated alkanes) is 1. The van der Waals surface area contributed by atoms with Gasteiger partial charge in [0.2, 0.25) is 0 Å². The molecule has 0 spiro atoms. The molecule has 1 amide bonds. The van der Waals surface area contributed by atoms with E-state index in [1.54, 1.807) is 24.3 Å². The number of ether oxygens (including phenoxy) is 3. The van der Waals surface area contributed by atoms with Crippen LogP contribution in [0.15, 0.2) is 84.4 Å². The summed E-state index contributed by atoms with van der Waals surface area (Å²) in [4.78, 5) is 28.2. The van der Waals surface area contributed by atoms with Gasteiger partial charge < -0.3 is 24.2 Å². The van der Waals surface area contributed by atoms with Gasteiger partial charge in [-0.25, -0.2) is 0 Å². The second kappa shape index (κ2) is 12.2. The van der Waals surface area contributed by atoms with E-state index in [-0.39, 0.29) is 24.0 Å². The highest BCUT2D eigenvalue weighted by molar-refractivity contribution is 6.46. The molecule has 0 saturated carbocycles. The molecule has 2 aliphatic heterocycles. The van der Waals surface area contributed by atoms with Crippen molar-refractivity contribution in [3.63, 3.8) is 0 Å². The van der Waals surface area contributed by atoms with Crippen molar-refractivity contribution in [1.29, 1.82) is 0 Å². The van der Waals surface area contributed by atoms with Gasteiger partial charge in [-0.1, -0.05) is 43.7 Å². The minimum Gasteiger partial charge on any atom is -0.507 e. The first-order valence-corrected chi connectivity index (χ1v) is 13.5. The van der Waals surface area contributed by atoms with Crippen molar-refractivity contribution in [3.8, 4) is 17.2 Å². The number of para-hydroxylation sites is 1. The first-order chi connectivity index (χ1) is 19.0. The molecule has 7 nitrogen and oxygen atoms in total. The summed E-state index contributed by atoms with van der Waals surface area (Å²) < 4.78 is 17.6. The van der Waals surface area contributed by atoms with Crippen molar-refractivity contribution in [2.75, 3.05) is 19.8 Å². The molecule has 1 N–H and O–H groups in total. The van der Waals surface area contributed by atoms with Crippen LogP contribution in [-0.4, -0.2) is 47.6 Å². The third kappa shape index (κ3) is 5.99. The minimum atomic E-state index is -0.783. The van der Waals surface area contributed by atoms with Crippen LogP contribution in [0.1, 0.15) is 49.8 Å². The molecule has 3 aromatic rings. The maximum absolute atomic E-state index is 13.4. The number of nitrogens with zero attached hydrogens (tertiary/aromatic N) is 1. The van der Waals surface area contributed by atoms with Gasteiger partial charge in [-0.05, 0) is 73.4 Å². The number of aliphatic hydroxyl groups is 1. The zero-order valence-corrected chi connectivity index (χ0v) is 22.0. The number of rotatable bonds is 10. The average Bonchev–Trinajstić information content (AvgIpc) is 3.56. The predicted octanol–water partition coefficient (Wildman–Crippen LogP) is 6.26. The van der Waals surface area contributed by atoms with Gasteiger partial charge in [0.25, 0.3) is 11.7 Å². The van der Waals surface area contributed by atoms with Gasteiger partial charge in [0.05, 0.1) is 24.3 Å². The van der Waals surface area contributed by atoms with E-state index >= 15 is 0 Å². The molecule has 0 aliphatic carbocycles. The number of carbonyl (C=O) groups is 2. The second-order valence-corrected chi connectivity index (χ2v) is 9.80. The second-order valence-electron chi connectivity index (χ2n) is 9.80. The third-order valence-corrected chi connectivity index (χ3v) is 7.01. The lowest BCUT2D eigenvalue weighted by molar-refractivity contribution is -0.140. The van der Waals surface area contributed by atoms with Crippen LogP contribution in [0.5, 0.6) is 17.2 Å². The number of benzene rings is 3. The maximum atomic E-state index is 13.4. The monoisotopic (exact) mass is 527 g/mol. The van der Waals surface area contributed by atoms with Crippen LogP contribution in [0.2, 0.25) is 0 Å². The van der Waals surface area contributed by atoms with Gasteiger partial charge in [-0.2, -0.15) is 0 Å². The summed E-state index contributed by atoms with van der Waals surface area (Å²) in [6.45, 7) is 3.60. The number of likely N-dealkylation sites (tertiary alicyclic amines) is 1. The van der Waals surface area contributed by atoms with Gasteiger partial charge in [-0.15, -0.1) is 0 Å². The molecule has 2 fully saturated rings. The topological polar surface area (TPSA) is 85.3 Å². The Morgan fingerprint density at radius 3 is 2.46 bits per heavy atom. The largest absolute Gasteiger partial charge is 0.507 e. The lowest BCUT2D eigenvalue weighted by Crippen LogP contribution is -2.36. The molecule has 0 bridgehead atoms. The SMILES string of the molecule is CCCCOc1ccc(/C(O)=C2\C(=O)C(=O)N(CC3CCCO3)C2c2cccc(Oc3ccccc3)c2)cc1. The Balaban J connectivity index is 1.51. The Kier molecular flexibility index (Phi) is 8.27. The van der Waals surface area contributed by atoms with E-state index < -0.39 is 17.7 Å². The zero-order valence-electron chi connectivity index (χ0n) is 22.0. The molecule has 5 rings (SSSR count). The van der Waals surface area contributed by atoms with Crippen LogP contribution in [0, 0.1) is 0 Å². The van der Waals surface area contributed by atoms with E-state index in [1.165, 1.54) is 4.90 Å². The van der Waals surface area contributed by atoms with Crippen molar-refractivity contribution in [2.45, 2.75) is 44.8 Å². The van der Waals surface area contributed by atoms with Gasteiger partial charge in [0.15, 0.2) is 0 Å². The van der Waals surface area contributed by atoms with Gasteiger partial charge >= 0.3 is 0 Å². The number of Topliss-reactive ketones (excluding diaryl/α,β-unsaturated/α-hetero) is 1. The Hall–Kier alpha value is -4.10. The Morgan fingerprint density at radius 1 is 0.974 bits per heavy atom. The number of hydrogen-bond donors (Lipinski definition) is 1. The van der Waals surface area contributed by atoms with E-state index in [0.717, 1.165) is 25.7 Å². The Labute approximate surface area is 228 Å². The van der Waals surface area contributed by atoms with E-state index in [4.69, 9.17) is 14.2 Å². The summed E-state index contributed by atoms with van der Waals surface area (Å²) in [5.41, 5.74) is 1.16. The molecule has 2 atom stereocenters. The summed E-state index contributed by atoms with van der Waals surface area (Å²) in [6, 6.07) is 22.8. The zero-order chi connectivity index (χ0) is 27.2. The highest BCUT2D eigenvalue weighted by Gasteiger charge is 2.47. The van der Waals surface area contributed by atoms with Gasteiger partial charge in [0.1, 0.15) is 23.0 Å². The highest BCUT2D eigenvalue weighted by Crippen LogP contribution is 2.41. The maximum Gasteiger partial charge on any atom is 0.295 e. The van der Waals surface area contributed by atoms with Crippen molar-refractivity contribution < 1.29 is 28.9 Å². The van der Waals surface area contributed by atoms with Crippen LogP contribution >= 0.6 is 0 Å². The predicted molar refractivity (Wildman–Crippen MR) is 148 cm³/mol. The molecular weight excluding hydrogens is 494 g/mol.